The Kier molecular flexibility index (Phi) is 2.96. The highest BCUT2D eigenvalue weighted by Crippen LogP contribution is 2.30. The first-order valence-electron chi connectivity index (χ1n) is 5.43. The molecule has 0 unspecified atom stereocenters. The number of benzene rings is 1. The van der Waals surface area contributed by atoms with Crippen LogP contribution in [0.25, 0.3) is 0 Å². The van der Waals surface area contributed by atoms with E-state index >= 15 is 0 Å². The normalized spacial score (nSPS) is 13.8. The zero-order valence-electron chi connectivity index (χ0n) is 9.59. The predicted octanol–water partition coefficient (Wildman–Crippen LogP) is 2.59. The summed E-state index contributed by atoms with van der Waals surface area (Å²) in [6.45, 7) is 1.80. The lowest BCUT2D eigenvalue weighted by atomic mass is 9.87. The molecule has 1 aliphatic rings. The van der Waals surface area contributed by atoms with Crippen LogP contribution in [0.3, 0.4) is 0 Å². The third kappa shape index (κ3) is 1.69. The van der Waals surface area contributed by atoms with Gasteiger partial charge in [0.2, 0.25) is 0 Å². The molecule has 0 heterocycles. The summed E-state index contributed by atoms with van der Waals surface area (Å²) >= 11 is 0. The SMILES string of the molecule is CC#Cc1c(OC)ccc2c1CCCC2=O. The quantitative estimate of drug-likeness (QED) is 0.672. The Bertz CT molecular complexity index is 489. The van der Waals surface area contributed by atoms with Gasteiger partial charge in [-0.3, -0.25) is 4.79 Å². The van der Waals surface area contributed by atoms with Crippen LogP contribution in [-0.4, -0.2) is 12.9 Å². The molecule has 1 aromatic carbocycles. The van der Waals surface area contributed by atoms with Crippen LogP contribution in [0.2, 0.25) is 0 Å². The van der Waals surface area contributed by atoms with Crippen molar-refractivity contribution >= 4 is 5.78 Å². The second kappa shape index (κ2) is 4.40. The highest BCUT2D eigenvalue weighted by molar-refractivity contribution is 5.99. The van der Waals surface area contributed by atoms with E-state index in [0.29, 0.717) is 6.42 Å². The minimum Gasteiger partial charge on any atom is -0.495 e. The van der Waals surface area contributed by atoms with Gasteiger partial charge in [-0.1, -0.05) is 5.92 Å². The molecule has 0 atom stereocenters. The van der Waals surface area contributed by atoms with Crippen molar-refractivity contribution < 1.29 is 9.53 Å². The lowest BCUT2D eigenvalue weighted by Gasteiger charge is -2.18. The average molecular weight is 214 g/mol. The molecule has 1 aromatic rings. The van der Waals surface area contributed by atoms with Crippen LogP contribution < -0.4 is 4.74 Å². The Balaban J connectivity index is 2.65. The Hall–Kier alpha value is -1.75. The third-order valence-corrected chi connectivity index (χ3v) is 2.88. The zero-order chi connectivity index (χ0) is 11.5. The van der Waals surface area contributed by atoms with Crippen LogP contribution in [0.15, 0.2) is 12.1 Å². The molecular formula is C14H14O2. The molecule has 2 nitrogen and oxygen atoms in total. The van der Waals surface area contributed by atoms with Crippen LogP contribution in [0, 0.1) is 11.8 Å². The summed E-state index contributed by atoms with van der Waals surface area (Å²) in [5.74, 6) is 6.92. The first-order valence-corrected chi connectivity index (χ1v) is 5.43. The van der Waals surface area contributed by atoms with Gasteiger partial charge in [0.1, 0.15) is 5.75 Å². The van der Waals surface area contributed by atoms with Crippen molar-refractivity contribution in [2.24, 2.45) is 0 Å². The van der Waals surface area contributed by atoms with E-state index in [2.05, 4.69) is 11.8 Å². The number of rotatable bonds is 1. The molecule has 0 spiro atoms. The monoisotopic (exact) mass is 214 g/mol. The fourth-order valence-corrected chi connectivity index (χ4v) is 2.14. The summed E-state index contributed by atoms with van der Waals surface area (Å²) in [5, 5.41) is 0. The minimum atomic E-state index is 0.225. The molecule has 16 heavy (non-hydrogen) atoms. The van der Waals surface area contributed by atoms with Gasteiger partial charge >= 0.3 is 0 Å². The van der Waals surface area contributed by atoms with Gasteiger partial charge in [-0.15, -0.1) is 5.92 Å². The second-order valence-electron chi connectivity index (χ2n) is 3.82. The first-order chi connectivity index (χ1) is 7.77. The van der Waals surface area contributed by atoms with Crippen LogP contribution in [0.4, 0.5) is 0 Å². The molecule has 0 radical (unpaired) electrons. The zero-order valence-corrected chi connectivity index (χ0v) is 9.59. The summed E-state index contributed by atoms with van der Waals surface area (Å²) in [7, 11) is 1.63. The van der Waals surface area contributed by atoms with Crippen molar-refractivity contribution in [1.82, 2.24) is 0 Å². The van der Waals surface area contributed by atoms with Gasteiger partial charge in [-0.25, -0.2) is 0 Å². The van der Waals surface area contributed by atoms with Crippen molar-refractivity contribution in [3.63, 3.8) is 0 Å². The van der Waals surface area contributed by atoms with Gasteiger partial charge in [0.05, 0.1) is 12.7 Å². The lowest BCUT2D eigenvalue weighted by Crippen LogP contribution is -2.12. The van der Waals surface area contributed by atoms with E-state index in [0.717, 1.165) is 35.3 Å². The van der Waals surface area contributed by atoms with Gasteiger partial charge < -0.3 is 4.74 Å². The number of carbonyl (C=O) groups is 1. The van der Waals surface area contributed by atoms with E-state index in [9.17, 15) is 4.79 Å². The summed E-state index contributed by atoms with van der Waals surface area (Å²) in [6.07, 6.45) is 2.48. The van der Waals surface area contributed by atoms with Crippen LogP contribution in [-0.2, 0) is 6.42 Å². The van der Waals surface area contributed by atoms with Crippen molar-refractivity contribution in [1.29, 1.82) is 0 Å². The predicted molar refractivity (Wildman–Crippen MR) is 62.8 cm³/mol. The summed E-state index contributed by atoms with van der Waals surface area (Å²) in [4.78, 5) is 11.8. The second-order valence-corrected chi connectivity index (χ2v) is 3.82. The van der Waals surface area contributed by atoms with E-state index in [1.807, 2.05) is 12.1 Å². The molecule has 0 bridgehead atoms. The molecule has 2 heteroatoms. The Morgan fingerprint density at radius 3 is 2.81 bits per heavy atom. The van der Waals surface area contributed by atoms with Gasteiger partial charge in [-0.2, -0.15) is 0 Å². The largest absolute Gasteiger partial charge is 0.495 e. The molecule has 0 saturated heterocycles. The fraction of sp³-hybridized carbons (Fsp3) is 0.357. The Labute approximate surface area is 95.6 Å². The molecule has 82 valence electrons. The van der Waals surface area contributed by atoms with Gasteiger partial charge in [-0.05, 0) is 37.5 Å². The van der Waals surface area contributed by atoms with E-state index < -0.39 is 0 Å². The molecule has 2 rings (SSSR count). The smallest absolute Gasteiger partial charge is 0.163 e. The van der Waals surface area contributed by atoms with Crippen molar-refractivity contribution in [2.75, 3.05) is 7.11 Å². The minimum absolute atomic E-state index is 0.225. The highest BCUT2D eigenvalue weighted by Gasteiger charge is 2.21. The molecule has 0 saturated carbocycles. The molecule has 1 aliphatic carbocycles. The van der Waals surface area contributed by atoms with Crippen molar-refractivity contribution in [3.05, 3.63) is 28.8 Å². The van der Waals surface area contributed by atoms with Gasteiger partial charge in [0, 0.05) is 12.0 Å². The number of hydrogen-bond donors (Lipinski definition) is 0. The molecular weight excluding hydrogens is 200 g/mol. The summed E-state index contributed by atoms with van der Waals surface area (Å²) in [5.41, 5.74) is 2.77. The summed E-state index contributed by atoms with van der Waals surface area (Å²) in [6, 6.07) is 3.69. The fourth-order valence-electron chi connectivity index (χ4n) is 2.14. The highest BCUT2D eigenvalue weighted by atomic mass is 16.5. The lowest BCUT2D eigenvalue weighted by molar-refractivity contribution is 0.0972. The number of hydrogen-bond acceptors (Lipinski definition) is 2. The summed E-state index contributed by atoms with van der Waals surface area (Å²) < 4.78 is 5.29. The number of ketones is 1. The van der Waals surface area contributed by atoms with Crippen molar-refractivity contribution in [3.8, 4) is 17.6 Å². The van der Waals surface area contributed by atoms with E-state index in [1.54, 1.807) is 14.0 Å². The van der Waals surface area contributed by atoms with Crippen molar-refractivity contribution in [2.45, 2.75) is 26.2 Å². The maximum absolute atomic E-state index is 11.8. The maximum atomic E-state index is 11.8. The number of Topliss-reactive ketones (excluding diaryl/α,β-unsaturated/α-hetero) is 1. The molecule has 0 aromatic heterocycles. The Morgan fingerprint density at radius 2 is 2.12 bits per heavy atom. The Morgan fingerprint density at radius 1 is 1.31 bits per heavy atom. The first kappa shape index (κ1) is 10.8. The van der Waals surface area contributed by atoms with Gasteiger partial charge in [0.15, 0.2) is 5.78 Å². The number of ether oxygens (including phenoxy) is 1. The molecule has 0 N–H and O–H groups in total. The van der Waals surface area contributed by atoms with Gasteiger partial charge in [0.25, 0.3) is 0 Å². The van der Waals surface area contributed by atoms with Crippen LogP contribution in [0.5, 0.6) is 5.75 Å². The third-order valence-electron chi connectivity index (χ3n) is 2.88. The maximum Gasteiger partial charge on any atom is 0.163 e. The average Bonchev–Trinajstić information content (AvgIpc) is 2.30. The number of carbonyl (C=O) groups excluding carboxylic acids is 1. The van der Waals surface area contributed by atoms with Crippen LogP contribution >= 0.6 is 0 Å². The molecule has 0 fully saturated rings. The van der Waals surface area contributed by atoms with Crippen LogP contribution in [0.1, 0.15) is 41.3 Å². The standard InChI is InChI=1S/C14H14O2/c1-3-5-12-10-6-4-7-13(15)11(10)8-9-14(12)16-2/h8-9H,4,6-7H2,1-2H3. The molecule has 0 aliphatic heterocycles. The van der Waals surface area contributed by atoms with E-state index in [-0.39, 0.29) is 5.78 Å². The molecule has 0 amide bonds. The van der Waals surface area contributed by atoms with E-state index in [4.69, 9.17) is 4.74 Å². The number of methoxy groups -OCH3 is 1. The number of fused-ring (bicyclic) bond motifs is 1. The van der Waals surface area contributed by atoms with E-state index in [1.165, 1.54) is 0 Å². The topological polar surface area (TPSA) is 26.3 Å².